The first-order valence-electron chi connectivity index (χ1n) is 33.5. The molecule has 34 heteroatoms. The molecular formula is C67H97Cl2N9O23. The Hall–Kier alpha value is -6.90. The van der Waals surface area contributed by atoms with Crippen LogP contribution in [0.5, 0.6) is 5.75 Å². The predicted molar refractivity (Wildman–Crippen MR) is 366 cm³/mol. The fourth-order valence-corrected chi connectivity index (χ4v) is 10.5. The van der Waals surface area contributed by atoms with E-state index in [0.717, 1.165) is 0 Å². The molecule has 101 heavy (non-hydrogen) atoms. The number of nitrogens with one attached hydrogen (secondary N) is 1. The summed E-state index contributed by atoms with van der Waals surface area (Å²) >= 11 is 12.0. The number of rotatable bonds is 50. The molecule has 1 aromatic carbocycles. The molecule has 562 valence electrons. The number of para-hydroxylation sites is 1. The molecule has 1 amide bonds. The lowest BCUT2D eigenvalue weighted by Gasteiger charge is -2.39. The van der Waals surface area contributed by atoms with Gasteiger partial charge in [0, 0.05) is 115 Å². The average molecular weight is 1470 g/mol. The Morgan fingerprint density at radius 2 is 0.644 bits per heavy atom. The summed E-state index contributed by atoms with van der Waals surface area (Å²) in [5, 5.41) is 46.9. The van der Waals surface area contributed by atoms with Crippen molar-refractivity contribution in [3.63, 3.8) is 0 Å². The van der Waals surface area contributed by atoms with Crippen molar-refractivity contribution >= 4 is 35.1 Å². The summed E-state index contributed by atoms with van der Waals surface area (Å²) in [4.78, 5) is 84.1. The van der Waals surface area contributed by atoms with Crippen molar-refractivity contribution in [2.75, 3.05) is 211 Å². The quantitative estimate of drug-likeness (QED) is 0.0161. The van der Waals surface area contributed by atoms with E-state index in [1.807, 2.05) is 19.6 Å². The second-order valence-corrected chi connectivity index (χ2v) is 23.6. The minimum atomic E-state index is -0.647. The number of carbonyl (C=O) groups is 2. The van der Waals surface area contributed by atoms with Gasteiger partial charge in [-0.25, -0.2) is 0 Å². The summed E-state index contributed by atoms with van der Waals surface area (Å²) in [7, 11) is 0. The maximum absolute atomic E-state index is 13.6. The van der Waals surface area contributed by atoms with Crippen LogP contribution in [-0.4, -0.2) is 288 Å². The second-order valence-electron chi connectivity index (χ2n) is 22.8. The Morgan fingerprint density at radius 3 is 0.990 bits per heavy atom. The molecule has 1 aliphatic heterocycles. The Bertz CT molecular complexity index is 3380. The summed E-state index contributed by atoms with van der Waals surface area (Å²) in [5.41, 5.74) is -1.32. The number of amides is 1. The highest BCUT2D eigenvalue weighted by Gasteiger charge is 2.28. The highest BCUT2D eigenvalue weighted by molar-refractivity contribution is 6.37. The SMILES string of the molecule is O=C(CCOCCOCCOCCOCCOCCOCCOCCOCCOCCOCCOCCOCCC(=O)Oc1c(Cl)cccc1Cl)NCC1CN(Cc2cccc(=O)n2O)CCN(Cc2cccc(=O)n2O)CCN(Cc2cccc(=O)n2O)CCN1Cc1cccc(=O)n1O. The molecule has 5 aromatic rings. The van der Waals surface area contributed by atoms with Crippen LogP contribution in [0, 0.1) is 0 Å². The van der Waals surface area contributed by atoms with E-state index in [4.69, 9.17) is 84.8 Å². The van der Waals surface area contributed by atoms with Crippen LogP contribution in [0.3, 0.4) is 0 Å². The van der Waals surface area contributed by atoms with Crippen molar-refractivity contribution in [3.05, 3.63) is 165 Å². The first-order chi connectivity index (χ1) is 49.2. The number of ether oxygens (including phenoxy) is 13. The number of esters is 1. The predicted octanol–water partition coefficient (Wildman–Crippen LogP) is 1.98. The molecule has 32 nitrogen and oxygen atoms in total. The second kappa shape index (κ2) is 49.7. The molecular weight excluding hydrogens is 1370 g/mol. The Morgan fingerprint density at radius 1 is 0.366 bits per heavy atom. The molecule has 6 rings (SSSR count). The van der Waals surface area contributed by atoms with Crippen LogP contribution in [0.15, 0.2) is 110 Å². The Kier molecular flexibility index (Phi) is 40.8. The van der Waals surface area contributed by atoms with E-state index in [9.17, 15) is 49.6 Å². The molecule has 1 aliphatic rings. The van der Waals surface area contributed by atoms with Gasteiger partial charge in [-0.15, -0.1) is 0 Å². The Balaban J connectivity index is 0.784. The average Bonchev–Trinajstić information content (AvgIpc) is 0.844. The normalized spacial score (nSPS) is 14.6. The number of carbonyl (C=O) groups excluding carboxylic acids is 2. The van der Waals surface area contributed by atoms with Gasteiger partial charge < -0.3 is 87.7 Å². The van der Waals surface area contributed by atoms with Crippen molar-refractivity contribution < 1.29 is 92.0 Å². The summed E-state index contributed by atoms with van der Waals surface area (Å²) in [6, 6.07) is 21.9. The van der Waals surface area contributed by atoms with Gasteiger partial charge in [-0.3, -0.25) is 48.4 Å². The number of pyridine rings is 4. The standard InChI is InChI=1S/C67H97Cl2N9O23/c68-59-10-5-11-60(69)67(59)101-66(84)17-25-90-27-29-92-31-33-94-35-37-96-39-41-98-43-45-100-47-46-99-44-42-97-40-38-95-36-34-93-32-30-91-28-26-89-24-16-61(79)70-48-58-52-73(51-56-8-3-14-64(82)77(56)87)21-20-71(49-54-6-1-12-62(80)75(54)85)18-19-72(50-55-7-2-13-63(81)76(55)86)22-23-74(58)53-57-9-4-15-65(83)78(57)88/h1-15,58,85-88H,16-53H2,(H,70,79). The Labute approximate surface area is 595 Å². The van der Waals surface area contributed by atoms with Crippen molar-refractivity contribution in [2.24, 2.45) is 0 Å². The summed E-state index contributed by atoms with van der Waals surface area (Å²) in [6.07, 6.45) is 0.0539. The van der Waals surface area contributed by atoms with Crippen LogP contribution in [0.1, 0.15) is 35.6 Å². The highest BCUT2D eigenvalue weighted by Crippen LogP contribution is 2.32. The largest absolute Gasteiger partial charge is 0.425 e. The minimum absolute atomic E-state index is 0.00880. The fraction of sp³-hybridized carbons (Fsp3) is 0.582. The fourth-order valence-electron chi connectivity index (χ4n) is 9.99. The van der Waals surface area contributed by atoms with Gasteiger partial charge in [0.15, 0.2) is 5.75 Å². The van der Waals surface area contributed by atoms with Crippen LogP contribution >= 0.6 is 23.2 Å². The zero-order valence-corrected chi connectivity index (χ0v) is 58.5. The van der Waals surface area contributed by atoms with Gasteiger partial charge in [0.2, 0.25) is 5.91 Å². The lowest BCUT2D eigenvalue weighted by Crippen LogP contribution is -2.54. The van der Waals surface area contributed by atoms with Crippen LogP contribution in [0.2, 0.25) is 10.0 Å². The van der Waals surface area contributed by atoms with E-state index in [0.29, 0.717) is 195 Å². The van der Waals surface area contributed by atoms with Gasteiger partial charge in [0.05, 0.1) is 198 Å². The number of hydrogen-bond donors (Lipinski definition) is 5. The van der Waals surface area contributed by atoms with E-state index in [2.05, 4.69) is 5.32 Å². The van der Waals surface area contributed by atoms with Crippen molar-refractivity contribution in [1.82, 2.24) is 43.8 Å². The van der Waals surface area contributed by atoms with E-state index in [1.54, 1.807) is 54.6 Å². The van der Waals surface area contributed by atoms with Crippen molar-refractivity contribution in [3.8, 4) is 5.75 Å². The lowest BCUT2D eigenvalue weighted by molar-refractivity contribution is -0.135. The molecule has 5 N–H and O–H groups in total. The molecule has 1 atom stereocenters. The molecule has 4 aromatic heterocycles. The van der Waals surface area contributed by atoms with Gasteiger partial charge in [-0.1, -0.05) is 53.5 Å². The summed E-state index contributed by atoms with van der Waals surface area (Å²) in [5.74, 6) is -0.686. The number of aromatic nitrogens is 4. The third-order valence-corrected chi connectivity index (χ3v) is 16.0. The molecule has 0 radical (unpaired) electrons. The number of benzene rings is 1. The van der Waals surface area contributed by atoms with Crippen LogP contribution in [0.25, 0.3) is 0 Å². The highest BCUT2D eigenvalue weighted by atomic mass is 35.5. The van der Waals surface area contributed by atoms with E-state index < -0.39 is 34.2 Å². The smallest absolute Gasteiger partial charge is 0.313 e. The monoisotopic (exact) mass is 1470 g/mol. The number of nitrogens with zero attached hydrogens (tertiary/aromatic N) is 8. The topological polar surface area (TPSA) is 348 Å². The van der Waals surface area contributed by atoms with Crippen molar-refractivity contribution in [1.29, 1.82) is 0 Å². The van der Waals surface area contributed by atoms with Crippen LogP contribution in [-0.2, 0) is 92.6 Å². The summed E-state index contributed by atoms with van der Waals surface area (Å²) in [6.45, 7) is 11.2. The molecule has 0 saturated carbocycles. The third kappa shape index (κ3) is 33.4. The van der Waals surface area contributed by atoms with Gasteiger partial charge in [0.1, 0.15) is 0 Å². The third-order valence-electron chi connectivity index (χ3n) is 15.4. The number of hydrogen-bond acceptors (Lipinski definition) is 27. The zero-order valence-electron chi connectivity index (χ0n) is 57.0. The van der Waals surface area contributed by atoms with Gasteiger partial charge in [-0.2, -0.15) is 18.9 Å². The lowest BCUT2D eigenvalue weighted by atomic mass is 10.1. The van der Waals surface area contributed by atoms with Crippen LogP contribution in [0.4, 0.5) is 0 Å². The first-order valence-corrected chi connectivity index (χ1v) is 34.3. The van der Waals surface area contributed by atoms with E-state index in [-0.39, 0.29) is 118 Å². The van der Waals surface area contributed by atoms with E-state index >= 15 is 0 Å². The van der Waals surface area contributed by atoms with Crippen LogP contribution < -0.4 is 32.3 Å². The van der Waals surface area contributed by atoms with Gasteiger partial charge in [0.25, 0.3) is 22.2 Å². The minimum Gasteiger partial charge on any atom is -0.425 e. The maximum Gasteiger partial charge on any atom is 0.313 e. The molecule has 0 bridgehead atoms. The molecule has 0 aliphatic carbocycles. The molecule has 1 unspecified atom stereocenters. The van der Waals surface area contributed by atoms with Crippen molar-refractivity contribution in [2.45, 2.75) is 45.1 Å². The zero-order chi connectivity index (χ0) is 72.1. The molecule has 0 spiro atoms. The molecule has 5 heterocycles. The van der Waals surface area contributed by atoms with Gasteiger partial charge >= 0.3 is 5.97 Å². The molecule has 1 fully saturated rings. The maximum atomic E-state index is 13.6. The van der Waals surface area contributed by atoms with E-state index in [1.165, 1.54) is 36.4 Å². The van der Waals surface area contributed by atoms with Gasteiger partial charge in [-0.05, 0) is 36.4 Å². The first kappa shape index (κ1) is 83.1. The summed E-state index contributed by atoms with van der Waals surface area (Å²) < 4.78 is 74.1. The number of halogens is 2. The molecule has 1 saturated heterocycles.